The van der Waals surface area contributed by atoms with E-state index in [1.807, 2.05) is 12.1 Å². The van der Waals surface area contributed by atoms with Gasteiger partial charge in [0.1, 0.15) is 5.75 Å². The molecule has 2 atom stereocenters. The second kappa shape index (κ2) is 10.3. The van der Waals surface area contributed by atoms with Crippen LogP contribution in [0.2, 0.25) is 0 Å². The molecule has 1 aliphatic heterocycles. The first kappa shape index (κ1) is 25.0. The number of hydrogen-bond donors (Lipinski definition) is 1. The molecule has 0 aromatic heterocycles. The van der Waals surface area contributed by atoms with Crippen LogP contribution in [0.3, 0.4) is 0 Å². The van der Waals surface area contributed by atoms with Crippen molar-refractivity contribution in [1.29, 1.82) is 0 Å². The van der Waals surface area contributed by atoms with Gasteiger partial charge in [0.25, 0.3) is 0 Å². The molecule has 2 fully saturated rings. The normalized spacial score (nSPS) is 26.8. The molecular weight excluding hydrogens is 441 g/mol. The number of aliphatic hydroxyl groups is 1. The van der Waals surface area contributed by atoms with E-state index in [0.717, 1.165) is 51.9 Å². The Morgan fingerprint density at radius 3 is 2.44 bits per heavy atom. The molecule has 0 radical (unpaired) electrons. The maximum absolute atomic E-state index is 12.8. The van der Waals surface area contributed by atoms with Crippen molar-refractivity contribution in [2.24, 2.45) is 0 Å². The minimum atomic E-state index is -4.74. The van der Waals surface area contributed by atoms with E-state index in [9.17, 15) is 18.3 Å². The number of hydrogen-bond acceptors (Lipinski definition) is 4. The van der Waals surface area contributed by atoms with Gasteiger partial charge in [0.05, 0.1) is 11.1 Å². The smallest absolute Gasteiger partial charge is 0.406 e. The summed E-state index contributed by atoms with van der Waals surface area (Å²) in [6, 6.07) is 6.18. The molecule has 1 N–H and O–H groups in total. The van der Waals surface area contributed by atoms with Crippen molar-refractivity contribution in [1.82, 2.24) is 9.80 Å². The molecule has 0 bridgehead atoms. The Labute approximate surface area is 200 Å². The first-order valence-electron chi connectivity index (χ1n) is 12.3. The topological polar surface area (TPSA) is 35.9 Å². The molecule has 4 nitrogen and oxygen atoms in total. The van der Waals surface area contributed by atoms with Crippen molar-refractivity contribution in [2.45, 2.75) is 61.9 Å². The maximum Gasteiger partial charge on any atom is 0.573 e. The monoisotopic (exact) mass is 476 g/mol. The zero-order valence-electron chi connectivity index (χ0n) is 19.6. The van der Waals surface area contributed by atoms with Crippen molar-refractivity contribution in [3.8, 4) is 5.75 Å². The van der Waals surface area contributed by atoms with Gasteiger partial charge in [-0.3, -0.25) is 4.90 Å². The van der Waals surface area contributed by atoms with Crippen LogP contribution in [0.15, 0.2) is 61.2 Å². The van der Waals surface area contributed by atoms with E-state index in [1.165, 1.54) is 12.1 Å². The lowest BCUT2D eigenvalue weighted by atomic mass is 9.72. The highest BCUT2D eigenvalue weighted by atomic mass is 19.4. The van der Waals surface area contributed by atoms with Crippen molar-refractivity contribution < 1.29 is 23.0 Å². The summed E-state index contributed by atoms with van der Waals surface area (Å²) in [5.74, 6) is -0.508. The standard InChI is InChI=1S/C27H35F3N2O2/c1-2-25(12-5-3-6-13-25)32-18-16-31(17-19-32)21-24(26(33)14-7-4-8-15-26)22-10-9-11-23(20-22)34-27(28,29)30/h2-3,5-6,9-12,20,24,33H,1,4,7-8,13-19,21H2/t24?,25-/m0/s1. The van der Waals surface area contributed by atoms with Gasteiger partial charge in [0.2, 0.25) is 0 Å². The molecule has 4 rings (SSSR count). The first-order chi connectivity index (χ1) is 16.2. The molecule has 1 saturated carbocycles. The predicted octanol–water partition coefficient (Wildman–Crippen LogP) is 5.42. The highest BCUT2D eigenvalue weighted by molar-refractivity contribution is 5.33. The van der Waals surface area contributed by atoms with Gasteiger partial charge in [-0.2, -0.15) is 0 Å². The fourth-order valence-electron chi connectivity index (χ4n) is 5.77. The van der Waals surface area contributed by atoms with Crippen molar-refractivity contribution in [2.75, 3.05) is 32.7 Å². The van der Waals surface area contributed by atoms with Crippen LogP contribution in [0.4, 0.5) is 13.2 Å². The second-order valence-electron chi connectivity index (χ2n) is 9.81. The van der Waals surface area contributed by atoms with E-state index >= 15 is 0 Å². The van der Waals surface area contributed by atoms with E-state index in [0.29, 0.717) is 24.9 Å². The zero-order chi connectivity index (χ0) is 24.2. The molecule has 1 aromatic carbocycles. The number of piperazine rings is 1. The Bertz CT molecular complexity index is 899. The van der Waals surface area contributed by atoms with Crippen LogP contribution in [-0.4, -0.2) is 65.1 Å². The third kappa shape index (κ3) is 5.75. The van der Waals surface area contributed by atoms with Crippen LogP contribution < -0.4 is 4.74 Å². The molecule has 7 heteroatoms. The number of nitrogens with zero attached hydrogens (tertiary/aromatic N) is 2. The number of halogens is 3. The van der Waals surface area contributed by atoms with E-state index in [-0.39, 0.29) is 17.2 Å². The van der Waals surface area contributed by atoms with E-state index in [2.05, 4.69) is 45.4 Å². The van der Waals surface area contributed by atoms with Crippen LogP contribution in [0.1, 0.15) is 50.0 Å². The minimum Gasteiger partial charge on any atom is -0.406 e. The number of ether oxygens (including phenoxy) is 1. The third-order valence-corrected chi connectivity index (χ3v) is 7.69. The summed E-state index contributed by atoms with van der Waals surface area (Å²) >= 11 is 0. The predicted molar refractivity (Wildman–Crippen MR) is 128 cm³/mol. The number of allylic oxidation sites excluding steroid dienone is 2. The van der Waals surface area contributed by atoms with E-state index in [4.69, 9.17) is 0 Å². The Kier molecular flexibility index (Phi) is 7.55. The van der Waals surface area contributed by atoms with Gasteiger partial charge in [-0.15, -0.1) is 19.8 Å². The molecule has 1 aromatic rings. The van der Waals surface area contributed by atoms with Gasteiger partial charge in [0.15, 0.2) is 0 Å². The van der Waals surface area contributed by atoms with Crippen LogP contribution in [0.5, 0.6) is 5.75 Å². The summed E-state index contributed by atoms with van der Waals surface area (Å²) in [4.78, 5) is 4.78. The van der Waals surface area contributed by atoms with Crippen LogP contribution in [0, 0.1) is 0 Å². The largest absolute Gasteiger partial charge is 0.573 e. The summed E-state index contributed by atoms with van der Waals surface area (Å²) in [5.41, 5.74) is -0.382. The average molecular weight is 477 g/mol. The molecule has 1 heterocycles. The summed E-state index contributed by atoms with van der Waals surface area (Å²) in [6.45, 7) is 8.08. The van der Waals surface area contributed by atoms with Gasteiger partial charge >= 0.3 is 6.36 Å². The average Bonchev–Trinajstić information content (AvgIpc) is 2.83. The Hall–Kier alpha value is -2.09. The van der Waals surface area contributed by atoms with E-state index in [1.54, 1.807) is 6.07 Å². The Balaban J connectivity index is 1.50. The van der Waals surface area contributed by atoms with Gasteiger partial charge in [-0.1, -0.05) is 61.8 Å². The van der Waals surface area contributed by atoms with Crippen LogP contribution >= 0.6 is 0 Å². The molecule has 3 aliphatic rings. The fraction of sp³-hybridized carbons (Fsp3) is 0.556. The zero-order valence-corrected chi connectivity index (χ0v) is 19.6. The van der Waals surface area contributed by atoms with Gasteiger partial charge in [-0.25, -0.2) is 0 Å². The summed E-state index contributed by atoms with van der Waals surface area (Å²) in [7, 11) is 0. The van der Waals surface area contributed by atoms with Crippen LogP contribution in [-0.2, 0) is 0 Å². The molecule has 1 unspecified atom stereocenters. The van der Waals surface area contributed by atoms with Gasteiger partial charge < -0.3 is 14.7 Å². The summed E-state index contributed by atoms with van der Waals surface area (Å²) in [5, 5.41) is 11.6. The number of benzene rings is 1. The SMILES string of the molecule is C=C[C@]1(N2CCN(CC(c3cccc(OC(F)(F)F)c3)C3(O)CCCCC3)CC2)C=CC=CC1. The molecule has 1 saturated heterocycles. The highest BCUT2D eigenvalue weighted by Crippen LogP contribution is 2.42. The second-order valence-corrected chi connectivity index (χ2v) is 9.81. The number of rotatable bonds is 7. The lowest BCUT2D eigenvalue weighted by Gasteiger charge is -2.47. The van der Waals surface area contributed by atoms with Gasteiger partial charge in [0, 0.05) is 38.6 Å². The fourth-order valence-corrected chi connectivity index (χ4v) is 5.77. The van der Waals surface area contributed by atoms with Gasteiger partial charge in [-0.05, 0) is 37.0 Å². The Morgan fingerprint density at radius 1 is 1.09 bits per heavy atom. The molecule has 0 amide bonds. The highest BCUT2D eigenvalue weighted by Gasteiger charge is 2.41. The maximum atomic E-state index is 12.8. The molecule has 186 valence electrons. The molecule has 0 spiro atoms. The molecular formula is C27H35F3N2O2. The summed E-state index contributed by atoms with van der Waals surface area (Å²) < 4.78 is 42.7. The molecule has 34 heavy (non-hydrogen) atoms. The van der Waals surface area contributed by atoms with Crippen molar-refractivity contribution in [3.05, 3.63) is 66.8 Å². The van der Waals surface area contributed by atoms with Crippen molar-refractivity contribution in [3.63, 3.8) is 0 Å². The first-order valence-corrected chi connectivity index (χ1v) is 12.3. The van der Waals surface area contributed by atoms with E-state index < -0.39 is 12.0 Å². The summed E-state index contributed by atoms with van der Waals surface area (Å²) in [6.07, 6.45) is 11.0. The molecule has 2 aliphatic carbocycles. The number of alkyl halides is 3. The lowest BCUT2D eigenvalue weighted by molar-refractivity contribution is -0.274. The lowest BCUT2D eigenvalue weighted by Crippen LogP contribution is -2.57. The van der Waals surface area contributed by atoms with Crippen molar-refractivity contribution >= 4 is 0 Å². The third-order valence-electron chi connectivity index (χ3n) is 7.69. The minimum absolute atomic E-state index is 0.162. The quantitative estimate of drug-likeness (QED) is 0.533. The Morgan fingerprint density at radius 2 is 1.82 bits per heavy atom. The van der Waals surface area contributed by atoms with Crippen LogP contribution in [0.25, 0.3) is 0 Å².